The maximum Gasteiger partial charge on any atom is 0.252 e. The topological polar surface area (TPSA) is 130 Å². The van der Waals surface area contributed by atoms with Gasteiger partial charge in [-0.1, -0.05) is 12.1 Å². The average Bonchev–Trinajstić information content (AvgIpc) is 3.44. The second kappa shape index (κ2) is 10.00. The van der Waals surface area contributed by atoms with Crippen LogP contribution in [0, 0.1) is 0 Å². The Morgan fingerprint density at radius 1 is 1.00 bits per heavy atom. The van der Waals surface area contributed by atoms with E-state index in [9.17, 15) is 22.8 Å². The lowest BCUT2D eigenvalue weighted by Gasteiger charge is -2.37. The van der Waals surface area contributed by atoms with Gasteiger partial charge in [0.15, 0.2) is 5.58 Å². The Hall–Kier alpha value is -4.35. The molecular weight excluding hydrogens is 532 g/mol. The molecule has 1 saturated heterocycles. The third kappa shape index (κ3) is 5.01. The van der Waals surface area contributed by atoms with Gasteiger partial charge in [-0.05, 0) is 81.4 Å². The Labute approximate surface area is 231 Å². The minimum atomic E-state index is -4.20. The minimum absolute atomic E-state index is 0.0575. The highest BCUT2D eigenvalue weighted by atomic mass is 32.2. The molecule has 0 bridgehead atoms. The van der Waals surface area contributed by atoms with Crippen molar-refractivity contribution < 1.29 is 27.2 Å². The van der Waals surface area contributed by atoms with Crippen molar-refractivity contribution in [3.8, 4) is 11.5 Å². The first-order valence-corrected chi connectivity index (χ1v) is 14.1. The molecule has 1 aliphatic rings. The highest BCUT2D eigenvalue weighted by Gasteiger charge is 2.50. The summed E-state index contributed by atoms with van der Waals surface area (Å²) >= 11 is 0. The Balaban J connectivity index is 1.43. The Kier molecular flexibility index (Phi) is 6.80. The third-order valence-corrected chi connectivity index (χ3v) is 8.65. The number of imide groups is 1. The third-order valence-electron chi connectivity index (χ3n) is 6.46. The fourth-order valence-corrected chi connectivity index (χ4v) is 6.77. The first kappa shape index (κ1) is 27.2. The van der Waals surface area contributed by atoms with E-state index in [-0.39, 0.29) is 17.2 Å². The molecular formula is C29H28N4O6S. The van der Waals surface area contributed by atoms with Crippen molar-refractivity contribution in [1.29, 1.82) is 0 Å². The number of hydrogen-bond donors (Lipinski definition) is 1. The monoisotopic (exact) mass is 560 g/mol. The van der Waals surface area contributed by atoms with E-state index < -0.39 is 33.4 Å². The van der Waals surface area contributed by atoms with Crippen LogP contribution < -0.4 is 10.2 Å². The molecule has 1 unspecified atom stereocenters. The molecule has 206 valence electrons. The number of anilines is 2. The van der Waals surface area contributed by atoms with E-state index in [1.165, 1.54) is 31.2 Å². The number of nitrogens with zero attached hydrogens (tertiary/aromatic N) is 3. The molecule has 1 atom stereocenters. The van der Waals surface area contributed by atoms with Crippen LogP contribution in [-0.4, -0.2) is 47.0 Å². The smallest absolute Gasteiger partial charge is 0.252 e. The molecule has 1 fully saturated rings. The summed E-state index contributed by atoms with van der Waals surface area (Å²) in [5.41, 5.74) is 1.75. The summed E-state index contributed by atoms with van der Waals surface area (Å²) < 4.78 is 34.5. The van der Waals surface area contributed by atoms with E-state index in [1.807, 2.05) is 24.3 Å². The van der Waals surface area contributed by atoms with Crippen molar-refractivity contribution in [2.75, 3.05) is 10.2 Å². The van der Waals surface area contributed by atoms with E-state index in [0.717, 1.165) is 9.21 Å². The molecule has 0 radical (unpaired) electrons. The van der Waals surface area contributed by atoms with Crippen molar-refractivity contribution in [2.45, 2.75) is 50.6 Å². The van der Waals surface area contributed by atoms with Crippen molar-refractivity contribution in [1.82, 2.24) is 9.29 Å². The van der Waals surface area contributed by atoms with Crippen LogP contribution in [0.15, 0.2) is 82.1 Å². The van der Waals surface area contributed by atoms with Crippen molar-refractivity contribution in [2.24, 2.45) is 0 Å². The van der Waals surface area contributed by atoms with Gasteiger partial charge in [-0.2, -0.15) is 4.31 Å². The molecule has 1 N–H and O–H groups in total. The van der Waals surface area contributed by atoms with Crippen LogP contribution in [0.2, 0.25) is 0 Å². The molecule has 2 heterocycles. The first-order chi connectivity index (χ1) is 18.9. The zero-order chi connectivity index (χ0) is 28.8. The highest BCUT2D eigenvalue weighted by Crippen LogP contribution is 2.35. The molecule has 4 aromatic rings. The van der Waals surface area contributed by atoms with E-state index in [0.29, 0.717) is 33.9 Å². The molecule has 1 aromatic heterocycles. The molecule has 1 aliphatic heterocycles. The molecule has 0 saturated carbocycles. The van der Waals surface area contributed by atoms with Crippen LogP contribution in [0.25, 0.3) is 22.6 Å². The number of rotatable bonds is 6. The van der Waals surface area contributed by atoms with E-state index in [1.54, 1.807) is 45.0 Å². The van der Waals surface area contributed by atoms with Crippen LogP contribution in [0.1, 0.15) is 34.1 Å². The van der Waals surface area contributed by atoms with Gasteiger partial charge in [-0.25, -0.2) is 18.3 Å². The van der Waals surface area contributed by atoms with Crippen LogP contribution in [0.5, 0.6) is 0 Å². The summed E-state index contributed by atoms with van der Waals surface area (Å²) in [7, 11) is -4.20. The average molecular weight is 561 g/mol. The van der Waals surface area contributed by atoms with Gasteiger partial charge in [0.2, 0.25) is 27.7 Å². The summed E-state index contributed by atoms with van der Waals surface area (Å²) in [5.74, 6) is -1.02. The highest BCUT2D eigenvalue weighted by molar-refractivity contribution is 7.89. The summed E-state index contributed by atoms with van der Waals surface area (Å²) in [6, 6.07) is 18.4. The van der Waals surface area contributed by atoms with Gasteiger partial charge in [-0.15, -0.1) is 0 Å². The van der Waals surface area contributed by atoms with Crippen molar-refractivity contribution in [3.63, 3.8) is 0 Å². The van der Waals surface area contributed by atoms with Crippen molar-refractivity contribution in [3.05, 3.63) is 72.8 Å². The Morgan fingerprint density at radius 2 is 1.65 bits per heavy atom. The van der Waals surface area contributed by atoms with Gasteiger partial charge < -0.3 is 9.73 Å². The van der Waals surface area contributed by atoms with Crippen LogP contribution >= 0.6 is 0 Å². The summed E-state index contributed by atoms with van der Waals surface area (Å²) in [4.78, 5) is 43.5. The van der Waals surface area contributed by atoms with Crippen LogP contribution in [0.4, 0.5) is 11.4 Å². The Morgan fingerprint density at radius 3 is 2.25 bits per heavy atom. The molecule has 10 nitrogen and oxygen atoms in total. The quantitative estimate of drug-likeness (QED) is 0.342. The first-order valence-electron chi connectivity index (χ1n) is 12.6. The molecule has 3 aromatic carbocycles. The normalized spacial score (nSPS) is 16.2. The number of nitrogens with one attached hydrogen (secondary N) is 1. The lowest BCUT2D eigenvalue weighted by Crippen LogP contribution is -2.54. The molecule has 0 spiro atoms. The van der Waals surface area contributed by atoms with Crippen molar-refractivity contribution >= 4 is 50.2 Å². The van der Waals surface area contributed by atoms with E-state index in [2.05, 4.69) is 10.3 Å². The summed E-state index contributed by atoms with van der Waals surface area (Å²) in [6.07, 6.45) is -0.299. The van der Waals surface area contributed by atoms with E-state index >= 15 is 0 Å². The molecule has 0 aliphatic carbocycles. The number of carbonyl (C=O) groups excluding carboxylic acids is 3. The van der Waals surface area contributed by atoms with Gasteiger partial charge in [0, 0.05) is 23.7 Å². The lowest BCUT2D eigenvalue weighted by atomic mass is 10.1. The van der Waals surface area contributed by atoms with E-state index in [4.69, 9.17) is 4.42 Å². The molecule has 40 heavy (non-hydrogen) atoms. The maximum absolute atomic E-state index is 13.8. The Bertz CT molecular complexity index is 1690. The summed E-state index contributed by atoms with van der Waals surface area (Å²) in [5, 5.41) is 2.59. The zero-order valence-electron chi connectivity index (χ0n) is 22.4. The zero-order valence-corrected chi connectivity index (χ0v) is 23.2. The van der Waals surface area contributed by atoms with Gasteiger partial charge in [0.25, 0.3) is 5.91 Å². The summed E-state index contributed by atoms with van der Waals surface area (Å²) in [6.45, 7) is 6.37. The predicted molar refractivity (Wildman–Crippen MR) is 150 cm³/mol. The van der Waals surface area contributed by atoms with Crippen LogP contribution in [-0.2, 0) is 24.4 Å². The standard InChI is InChI=1S/C29H28N4O6S/c1-18(34)30-20-11-15-22(16-12-20)40(37,38)33(29(2,3)4)24-17-26(35)32(28(24)36)21-13-9-19(10-14-21)27-31-23-7-5-6-8-25(23)39-27/h5-16,24H,17H2,1-4H3,(H,30,34). The maximum atomic E-state index is 13.8. The number of hydrogen-bond acceptors (Lipinski definition) is 7. The van der Waals surface area contributed by atoms with Gasteiger partial charge in [0.05, 0.1) is 17.0 Å². The van der Waals surface area contributed by atoms with Gasteiger partial charge in [-0.3, -0.25) is 14.4 Å². The second-order valence-electron chi connectivity index (χ2n) is 10.5. The van der Waals surface area contributed by atoms with Gasteiger partial charge in [0.1, 0.15) is 11.6 Å². The van der Waals surface area contributed by atoms with Crippen LogP contribution in [0.3, 0.4) is 0 Å². The minimum Gasteiger partial charge on any atom is -0.436 e. The number of para-hydroxylation sites is 2. The fourth-order valence-electron chi connectivity index (χ4n) is 4.84. The number of oxazole rings is 1. The number of aromatic nitrogens is 1. The number of sulfonamides is 1. The number of fused-ring (bicyclic) bond motifs is 1. The largest absolute Gasteiger partial charge is 0.436 e. The SMILES string of the molecule is CC(=O)Nc1ccc(S(=O)(=O)N(C2CC(=O)N(c3ccc(-c4nc5ccccc5o4)cc3)C2=O)C(C)(C)C)cc1. The molecule has 5 rings (SSSR count). The number of carbonyl (C=O) groups is 3. The number of amides is 3. The second-order valence-corrected chi connectivity index (χ2v) is 12.3. The lowest BCUT2D eigenvalue weighted by molar-refractivity contribution is -0.122. The molecule has 3 amide bonds. The molecule has 11 heteroatoms. The predicted octanol–water partition coefficient (Wildman–Crippen LogP) is 4.57. The van der Waals surface area contributed by atoms with Gasteiger partial charge >= 0.3 is 0 Å². The number of benzene rings is 3. The fraction of sp³-hybridized carbons (Fsp3) is 0.241.